The van der Waals surface area contributed by atoms with E-state index in [9.17, 15) is 0 Å². The number of hydrogen-bond acceptors (Lipinski definition) is 0. The van der Waals surface area contributed by atoms with Crippen LogP contribution in [0.3, 0.4) is 0 Å². The van der Waals surface area contributed by atoms with Gasteiger partial charge in [-0.25, -0.2) is 0 Å². The van der Waals surface area contributed by atoms with Crippen molar-refractivity contribution in [2.24, 2.45) is 65.5 Å². The summed E-state index contributed by atoms with van der Waals surface area (Å²) in [4.78, 5) is 0. The summed E-state index contributed by atoms with van der Waals surface area (Å²) in [5, 5.41) is 0. The average molecular weight is 1140 g/mol. The predicted octanol–water partition coefficient (Wildman–Crippen LogP) is 27.9. The van der Waals surface area contributed by atoms with Crippen molar-refractivity contribution in [2.45, 2.75) is 350 Å². The molecule has 0 spiro atoms. The van der Waals surface area contributed by atoms with Crippen LogP contribution in [-0.2, 0) is 16.2 Å². The molecular weight excluding hydrogens is 985 g/mol. The van der Waals surface area contributed by atoms with Gasteiger partial charge in [0.2, 0.25) is 0 Å². The van der Waals surface area contributed by atoms with E-state index < -0.39 is 0 Å². The predicted molar refractivity (Wildman–Crippen MR) is 379 cm³/mol. The van der Waals surface area contributed by atoms with Crippen molar-refractivity contribution in [1.29, 1.82) is 0 Å². The Morgan fingerprint density at radius 3 is 0.598 bits per heavy atom. The number of hydrogen-bond donors (Lipinski definition) is 0. The number of benzene rings is 3. The molecule has 0 aliphatic rings. The van der Waals surface area contributed by atoms with E-state index in [1.54, 1.807) is 0 Å². The lowest BCUT2D eigenvalue weighted by Crippen LogP contribution is -2.34. The van der Waals surface area contributed by atoms with E-state index in [1.165, 1.54) is 91.2 Å². The molecular formula is C82H150. The fourth-order valence-corrected chi connectivity index (χ4v) is 14.2. The molecule has 3 rings (SSSR count). The molecule has 0 unspecified atom stereocenters. The highest BCUT2D eigenvalue weighted by Gasteiger charge is 2.40. The first-order valence-electron chi connectivity index (χ1n) is 32.7. The highest BCUT2D eigenvalue weighted by molar-refractivity contribution is 5.46. The fourth-order valence-electron chi connectivity index (χ4n) is 14.2. The third kappa shape index (κ3) is 36.0. The molecule has 0 aliphatic carbocycles. The molecule has 478 valence electrons. The van der Waals surface area contributed by atoms with Crippen molar-refractivity contribution < 1.29 is 0 Å². The van der Waals surface area contributed by atoms with Crippen LogP contribution in [0.15, 0.2) is 72.8 Å². The van der Waals surface area contributed by atoms with Crippen LogP contribution >= 0.6 is 0 Å². The molecule has 0 amide bonds. The van der Waals surface area contributed by atoms with Crippen LogP contribution in [0, 0.1) is 65.5 Å². The summed E-state index contributed by atoms with van der Waals surface area (Å²) in [6.07, 6.45) is 11.9. The fraction of sp³-hybridized carbons (Fsp3) is 0.780. The van der Waals surface area contributed by atoms with Crippen LogP contribution in [0.2, 0.25) is 0 Å². The molecule has 3 aromatic rings. The highest BCUT2D eigenvalue weighted by Crippen LogP contribution is 2.52. The van der Waals surface area contributed by atoms with Gasteiger partial charge in [0.15, 0.2) is 0 Å². The Morgan fingerprint density at radius 1 is 0.268 bits per heavy atom. The molecule has 0 nitrogen and oxygen atoms in total. The molecule has 0 heteroatoms. The second-order valence-corrected chi connectivity index (χ2v) is 40.7. The number of rotatable bonds is 12. The molecule has 0 saturated carbocycles. The van der Waals surface area contributed by atoms with E-state index in [1.807, 2.05) is 0 Å². The third-order valence-corrected chi connectivity index (χ3v) is 15.6. The average Bonchev–Trinajstić information content (AvgIpc) is 3.15. The van der Waals surface area contributed by atoms with Crippen molar-refractivity contribution in [3.05, 3.63) is 106 Å². The van der Waals surface area contributed by atoms with Gasteiger partial charge in [0, 0.05) is 5.92 Å². The molecule has 82 heavy (non-hydrogen) atoms. The largest absolute Gasteiger partial charge is 0.0776 e. The van der Waals surface area contributed by atoms with Gasteiger partial charge in [-0.15, -0.1) is 0 Å². The SMILES string of the molecule is C.CC(C)(C)CC(C)(CC(C)(C)C)CC(C)(C)C.CC(C)(C)CC(CC(C)(C)C)C(C)(C)C.CC(C)(C)c1ccc(C(c2ccc(C(C)(C)C)cc2)c2ccc(C(C)(C)C)cc2)cc1.CCC(CC(C)(C)C)(CC(C)(C)C)CC(C)(C)C. The first kappa shape index (κ1) is 81.7. The van der Waals surface area contributed by atoms with Gasteiger partial charge in [-0.2, -0.15) is 0 Å². The minimum atomic E-state index is 0. The Kier molecular flexibility index (Phi) is 29.5. The lowest BCUT2D eigenvalue weighted by atomic mass is 9.60. The molecule has 3 aromatic carbocycles. The normalized spacial score (nSPS) is 14.0. The Balaban J connectivity index is 0. The lowest BCUT2D eigenvalue weighted by Gasteiger charge is -2.45. The second kappa shape index (κ2) is 29.6. The van der Waals surface area contributed by atoms with Crippen molar-refractivity contribution in [3.63, 3.8) is 0 Å². The van der Waals surface area contributed by atoms with E-state index in [4.69, 9.17) is 0 Å². The summed E-state index contributed by atoms with van der Waals surface area (Å²) in [6, 6.07) is 27.7. The summed E-state index contributed by atoms with van der Waals surface area (Å²) >= 11 is 0. The van der Waals surface area contributed by atoms with Gasteiger partial charge in [-0.05, 0) is 166 Å². The van der Waals surface area contributed by atoms with Gasteiger partial charge in [-0.1, -0.05) is 350 Å². The van der Waals surface area contributed by atoms with Gasteiger partial charge in [-0.3, -0.25) is 0 Å². The van der Waals surface area contributed by atoms with Crippen LogP contribution in [0.1, 0.15) is 368 Å². The summed E-state index contributed by atoms with van der Waals surface area (Å²) in [5.74, 6) is 1.05. The van der Waals surface area contributed by atoms with E-state index >= 15 is 0 Å². The van der Waals surface area contributed by atoms with Gasteiger partial charge < -0.3 is 0 Å². The molecule has 0 radical (unpaired) electrons. The summed E-state index contributed by atoms with van der Waals surface area (Å²) in [7, 11) is 0. The maximum Gasteiger partial charge on any atom is 0.0339 e. The Morgan fingerprint density at radius 2 is 0.463 bits per heavy atom. The maximum atomic E-state index is 2.49. The maximum absolute atomic E-state index is 2.49. The van der Waals surface area contributed by atoms with E-state index in [2.05, 4.69) is 336 Å². The quantitative estimate of drug-likeness (QED) is 0.159. The van der Waals surface area contributed by atoms with E-state index in [0.29, 0.717) is 59.6 Å². The summed E-state index contributed by atoms with van der Waals surface area (Å²) < 4.78 is 0. The van der Waals surface area contributed by atoms with Crippen LogP contribution in [0.25, 0.3) is 0 Å². The van der Waals surface area contributed by atoms with Crippen LogP contribution in [0.5, 0.6) is 0 Å². The minimum absolute atomic E-state index is 0. The van der Waals surface area contributed by atoms with E-state index in [-0.39, 0.29) is 29.6 Å². The smallest absolute Gasteiger partial charge is 0.0339 e. The topological polar surface area (TPSA) is 0 Å². The molecule has 0 aromatic heterocycles. The zero-order valence-corrected chi connectivity index (χ0v) is 62.4. The van der Waals surface area contributed by atoms with Crippen molar-refractivity contribution in [3.8, 4) is 0 Å². The van der Waals surface area contributed by atoms with Gasteiger partial charge >= 0.3 is 0 Å². The van der Waals surface area contributed by atoms with E-state index in [0.717, 1.165) is 5.92 Å². The molecule has 0 saturated heterocycles. The van der Waals surface area contributed by atoms with Gasteiger partial charge in [0.05, 0.1) is 0 Å². The van der Waals surface area contributed by atoms with Gasteiger partial charge in [0.25, 0.3) is 0 Å². The third-order valence-electron chi connectivity index (χ3n) is 15.6. The Bertz CT molecular complexity index is 1970. The molecule has 0 heterocycles. The Labute approximate surface area is 519 Å². The zero-order valence-electron chi connectivity index (χ0n) is 62.4. The minimum Gasteiger partial charge on any atom is -0.0776 e. The molecule has 0 atom stereocenters. The molecule has 0 fully saturated rings. The highest BCUT2D eigenvalue weighted by atomic mass is 14.5. The first-order chi connectivity index (χ1) is 35.4. The second-order valence-electron chi connectivity index (χ2n) is 40.7. The van der Waals surface area contributed by atoms with Crippen molar-refractivity contribution in [1.82, 2.24) is 0 Å². The summed E-state index contributed by atoms with van der Waals surface area (Å²) in [6.45, 7) is 89.5. The van der Waals surface area contributed by atoms with Crippen molar-refractivity contribution >= 4 is 0 Å². The zero-order chi connectivity index (χ0) is 64.5. The molecule has 0 aliphatic heterocycles. The van der Waals surface area contributed by atoms with Crippen molar-refractivity contribution in [2.75, 3.05) is 0 Å². The van der Waals surface area contributed by atoms with Gasteiger partial charge in [0.1, 0.15) is 0 Å². The monoisotopic (exact) mass is 1140 g/mol. The van der Waals surface area contributed by atoms with Crippen LogP contribution in [-0.4, -0.2) is 0 Å². The summed E-state index contributed by atoms with van der Waals surface area (Å²) in [5.41, 5.74) is 13.5. The first-order valence-corrected chi connectivity index (χ1v) is 32.7. The standard InChI is InChI=1S/C31H40.C18H38.C17H36.C15H32.CH4/c1-29(2,3)25-16-10-22(11-17-25)28(23-12-18-26(19-13-23)30(4,5)6)24-14-20-27(21-15-24)31(7,8)9;1-11-18(12-15(2,3)4,13-16(5,6)7)14-17(8,9)10;1-14(2,3)11-17(10,12-15(4,5)6)13-16(7,8)9;1-13(2,3)10-12(15(7,8)9)11-14(4,5)6;/h10-21,28H,1-9H3;11-14H2,1-10H3;11-13H2,1-10H3;12H,10-11H2,1-9H3;1H4. The Hall–Kier alpha value is -2.34. The van der Waals surface area contributed by atoms with Crippen LogP contribution in [0.4, 0.5) is 0 Å². The molecule has 0 bridgehead atoms. The molecule has 0 N–H and O–H groups in total. The van der Waals surface area contributed by atoms with Crippen LogP contribution < -0.4 is 0 Å². The lowest BCUT2D eigenvalue weighted by molar-refractivity contribution is 0.0542.